The standard InChI is InChI=1S/C11H20N2/c1-2-11(10-8-12-9-10)13-6-4-3-5-7-13/h2,10-12H,1,3-9H2. The van der Waals surface area contributed by atoms with E-state index in [4.69, 9.17) is 0 Å². The molecule has 2 aliphatic rings. The Morgan fingerprint density at radius 2 is 1.92 bits per heavy atom. The van der Waals surface area contributed by atoms with Crippen molar-refractivity contribution in [1.29, 1.82) is 0 Å². The highest BCUT2D eigenvalue weighted by Crippen LogP contribution is 2.20. The third-order valence-electron chi connectivity index (χ3n) is 3.35. The molecular formula is C11H20N2. The maximum atomic E-state index is 3.97. The second-order valence-corrected chi connectivity index (χ2v) is 4.24. The Morgan fingerprint density at radius 1 is 1.23 bits per heavy atom. The molecule has 2 nitrogen and oxygen atoms in total. The average Bonchev–Trinajstić information content (AvgIpc) is 2.12. The Balaban J connectivity index is 1.89. The normalized spacial score (nSPS) is 28.0. The van der Waals surface area contributed by atoms with Crippen LogP contribution in [0.15, 0.2) is 12.7 Å². The minimum atomic E-state index is 0.640. The van der Waals surface area contributed by atoms with Crippen molar-refractivity contribution in [3.05, 3.63) is 12.7 Å². The number of piperidine rings is 1. The number of hydrogen-bond acceptors (Lipinski definition) is 2. The maximum absolute atomic E-state index is 3.97. The van der Waals surface area contributed by atoms with Gasteiger partial charge in [0.05, 0.1) is 0 Å². The molecule has 0 spiro atoms. The van der Waals surface area contributed by atoms with Gasteiger partial charge in [-0.1, -0.05) is 12.5 Å². The van der Waals surface area contributed by atoms with Crippen molar-refractivity contribution in [2.45, 2.75) is 25.3 Å². The molecule has 2 aliphatic heterocycles. The summed E-state index contributed by atoms with van der Waals surface area (Å²) in [5.41, 5.74) is 0. The lowest BCUT2D eigenvalue weighted by Crippen LogP contribution is -2.54. The van der Waals surface area contributed by atoms with E-state index < -0.39 is 0 Å². The lowest BCUT2D eigenvalue weighted by atomic mass is 9.91. The van der Waals surface area contributed by atoms with E-state index in [9.17, 15) is 0 Å². The van der Waals surface area contributed by atoms with Crippen molar-refractivity contribution in [3.8, 4) is 0 Å². The number of nitrogens with zero attached hydrogens (tertiary/aromatic N) is 1. The van der Waals surface area contributed by atoms with Crippen LogP contribution in [0.3, 0.4) is 0 Å². The van der Waals surface area contributed by atoms with Gasteiger partial charge in [0.15, 0.2) is 0 Å². The molecule has 0 radical (unpaired) electrons. The van der Waals surface area contributed by atoms with Crippen LogP contribution < -0.4 is 5.32 Å². The van der Waals surface area contributed by atoms with Gasteiger partial charge in [0, 0.05) is 25.0 Å². The highest BCUT2D eigenvalue weighted by molar-refractivity contribution is 4.98. The Hall–Kier alpha value is -0.340. The summed E-state index contributed by atoms with van der Waals surface area (Å²) in [5, 5.41) is 3.34. The van der Waals surface area contributed by atoms with E-state index >= 15 is 0 Å². The van der Waals surface area contributed by atoms with Crippen LogP contribution >= 0.6 is 0 Å². The SMILES string of the molecule is C=CC(C1CNC1)N1CCCCC1. The zero-order valence-electron chi connectivity index (χ0n) is 8.34. The summed E-state index contributed by atoms with van der Waals surface area (Å²) in [6.07, 6.45) is 6.33. The summed E-state index contributed by atoms with van der Waals surface area (Å²) < 4.78 is 0. The molecule has 2 saturated heterocycles. The number of rotatable bonds is 3. The fraction of sp³-hybridized carbons (Fsp3) is 0.818. The van der Waals surface area contributed by atoms with Crippen LogP contribution in [0.4, 0.5) is 0 Å². The van der Waals surface area contributed by atoms with Crippen LogP contribution in [0.25, 0.3) is 0 Å². The molecule has 0 amide bonds. The van der Waals surface area contributed by atoms with Crippen molar-refractivity contribution >= 4 is 0 Å². The lowest BCUT2D eigenvalue weighted by molar-refractivity contribution is 0.120. The van der Waals surface area contributed by atoms with Gasteiger partial charge in [-0.3, -0.25) is 4.90 Å². The van der Waals surface area contributed by atoms with Crippen molar-refractivity contribution in [2.75, 3.05) is 26.2 Å². The highest BCUT2D eigenvalue weighted by Gasteiger charge is 2.29. The smallest absolute Gasteiger partial charge is 0.0328 e. The Labute approximate surface area is 81.0 Å². The van der Waals surface area contributed by atoms with Crippen molar-refractivity contribution in [2.24, 2.45) is 5.92 Å². The van der Waals surface area contributed by atoms with Crippen molar-refractivity contribution in [3.63, 3.8) is 0 Å². The molecule has 74 valence electrons. The van der Waals surface area contributed by atoms with Gasteiger partial charge in [-0.05, 0) is 25.9 Å². The van der Waals surface area contributed by atoms with Gasteiger partial charge in [0.2, 0.25) is 0 Å². The van der Waals surface area contributed by atoms with Gasteiger partial charge in [0.1, 0.15) is 0 Å². The van der Waals surface area contributed by atoms with Crippen LogP contribution in [-0.2, 0) is 0 Å². The van der Waals surface area contributed by atoms with Crippen LogP contribution in [0.5, 0.6) is 0 Å². The average molecular weight is 180 g/mol. The molecule has 0 aliphatic carbocycles. The first-order chi connectivity index (χ1) is 6.42. The summed E-state index contributed by atoms with van der Waals surface area (Å²) in [7, 11) is 0. The monoisotopic (exact) mass is 180 g/mol. The van der Waals surface area contributed by atoms with Gasteiger partial charge in [0.25, 0.3) is 0 Å². The molecule has 0 saturated carbocycles. The Bertz CT molecular complexity index is 169. The van der Waals surface area contributed by atoms with Crippen molar-refractivity contribution in [1.82, 2.24) is 10.2 Å². The fourth-order valence-electron chi connectivity index (χ4n) is 2.41. The maximum Gasteiger partial charge on any atom is 0.0328 e. The first kappa shape index (κ1) is 9.22. The third kappa shape index (κ3) is 1.94. The minimum Gasteiger partial charge on any atom is -0.316 e. The molecule has 0 aromatic heterocycles. The molecule has 2 rings (SSSR count). The van der Waals surface area contributed by atoms with Crippen molar-refractivity contribution < 1.29 is 0 Å². The van der Waals surface area contributed by atoms with Crippen LogP contribution in [0.2, 0.25) is 0 Å². The topological polar surface area (TPSA) is 15.3 Å². The zero-order valence-corrected chi connectivity index (χ0v) is 8.34. The summed E-state index contributed by atoms with van der Waals surface area (Å²) in [6, 6.07) is 0.640. The molecule has 13 heavy (non-hydrogen) atoms. The Morgan fingerprint density at radius 3 is 2.38 bits per heavy atom. The summed E-state index contributed by atoms with van der Waals surface area (Å²) >= 11 is 0. The first-order valence-corrected chi connectivity index (χ1v) is 5.49. The molecular weight excluding hydrogens is 160 g/mol. The van der Waals surface area contributed by atoms with E-state index in [-0.39, 0.29) is 0 Å². The van der Waals surface area contributed by atoms with Gasteiger partial charge >= 0.3 is 0 Å². The molecule has 2 fully saturated rings. The summed E-state index contributed by atoms with van der Waals surface area (Å²) in [4.78, 5) is 2.61. The molecule has 0 aromatic rings. The van der Waals surface area contributed by atoms with Gasteiger partial charge in [-0.15, -0.1) is 6.58 Å². The summed E-state index contributed by atoms with van der Waals surface area (Å²) in [5.74, 6) is 0.829. The number of hydrogen-bond donors (Lipinski definition) is 1. The van der Waals surface area contributed by atoms with Crippen LogP contribution in [0.1, 0.15) is 19.3 Å². The van der Waals surface area contributed by atoms with E-state index in [0.29, 0.717) is 6.04 Å². The van der Waals surface area contributed by atoms with Gasteiger partial charge < -0.3 is 5.32 Å². The lowest BCUT2D eigenvalue weighted by Gasteiger charge is -2.41. The van der Waals surface area contributed by atoms with Gasteiger partial charge in [-0.25, -0.2) is 0 Å². The molecule has 2 heteroatoms. The zero-order chi connectivity index (χ0) is 9.10. The molecule has 0 bridgehead atoms. The van der Waals surface area contributed by atoms with Crippen LogP contribution in [0, 0.1) is 5.92 Å². The third-order valence-corrected chi connectivity index (χ3v) is 3.35. The second-order valence-electron chi connectivity index (χ2n) is 4.24. The quantitative estimate of drug-likeness (QED) is 0.658. The fourth-order valence-corrected chi connectivity index (χ4v) is 2.41. The van der Waals surface area contributed by atoms with E-state index in [1.54, 1.807) is 0 Å². The molecule has 1 atom stereocenters. The largest absolute Gasteiger partial charge is 0.316 e. The molecule has 1 N–H and O–H groups in total. The summed E-state index contributed by atoms with van der Waals surface area (Å²) in [6.45, 7) is 8.91. The van der Waals surface area contributed by atoms with E-state index in [0.717, 1.165) is 5.92 Å². The van der Waals surface area contributed by atoms with Gasteiger partial charge in [-0.2, -0.15) is 0 Å². The van der Waals surface area contributed by atoms with E-state index in [1.165, 1.54) is 45.4 Å². The second kappa shape index (κ2) is 4.25. The molecule has 0 aromatic carbocycles. The predicted octanol–water partition coefficient (Wildman–Crippen LogP) is 1.25. The Kier molecular flexibility index (Phi) is 3.01. The van der Waals surface area contributed by atoms with E-state index in [1.807, 2.05) is 0 Å². The minimum absolute atomic E-state index is 0.640. The molecule has 2 heterocycles. The van der Waals surface area contributed by atoms with E-state index in [2.05, 4.69) is 22.9 Å². The number of likely N-dealkylation sites (tertiary alicyclic amines) is 1. The first-order valence-electron chi connectivity index (χ1n) is 5.49. The predicted molar refractivity (Wildman–Crippen MR) is 55.8 cm³/mol. The number of nitrogens with one attached hydrogen (secondary N) is 1. The molecule has 1 unspecified atom stereocenters. The highest BCUT2D eigenvalue weighted by atomic mass is 15.2. The van der Waals surface area contributed by atoms with Crippen LogP contribution in [-0.4, -0.2) is 37.1 Å².